The Kier molecular flexibility index (Phi) is 6.45. The predicted molar refractivity (Wildman–Crippen MR) is 70.9 cm³/mol. The van der Waals surface area contributed by atoms with Crippen molar-refractivity contribution in [3.63, 3.8) is 0 Å². The van der Waals surface area contributed by atoms with Crippen molar-refractivity contribution < 1.29 is 0 Å². The van der Waals surface area contributed by atoms with Gasteiger partial charge in [0.25, 0.3) is 0 Å². The molecule has 4 heteroatoms. The third-order valence-corrected chi connectivity index (χ3v) is 2.53. The third kappa shape index (κ3) is 7.54. The standard InChI is InChI=1S/C12H26N4/c1-9(13)6-15-7-12(4,5)8-16-11(3)10(2)14/h11,13-16H,6-8H2,1-5H3/t11-/m0/s1. The van der Waals surface area contributed by atoms with Gasteiger partial charge in [0.1, 0.15) is 0 Å². The lowest BCUT2D eigenvalue weighted by molar-refractivity contribution is 0.323. The maximum Gasteiger partial charge on any atom is 0.0416 e. The molecule has 0 saturated carbocycles. The van der Waals surface area contributed by atoms with Gasteiger partial charge in [0.15, 0.2) is 0 Å². The summed E-state index contributed by atoms with van der Waals surface area (Å²) in [5, 5.41) is 21.4. The minimum Gasteiger partial charge on any atom is -0.311 e. The predicted octanol–water partition coefficient (Wildman–Crippen LogP) is 1.66. The molecule has 4 N–H and O–H groups in total. The largest absolute Gasteiger partial charge is 0.311 e. The molecule has 0 radical (unpaired) electrons. The molecule has 94 valence electrons. The van der Waals surface area contributed by atoms with Crippen molar-refractivity contribution in [1.82, 2.24) is 10.6 Å². The van der Waals surface area contributed by atoms with Gasteiger partial charge in [0.2, 0.25) is 0 Å². The molecule has 0 fully saturated rings. The summed E-state index contributed by atoms with van der Waals surface area (Å²) in [5.74, 6) is 0. The molecule has 0 spiro atoms. The van der Waals surface area contributed by atoms with Crippen molar-refractivity contribution in [3.05, 3.63) is 0 Å². The lowest BCUT2D eigenvalue weighted by Gasteiger charge is -2.27. The van der Waals surface area contributed by atoms with Gasteiger partial charge in [-0.1, -0.05) is 13.8 Å². The maximum atomic E-state index is 7.50. The van der Waals surface area contributed by atoms with E-state index in [-0.39, 0.29) is 11.5 Å². The average Bonchev–Trinajstić information content (AvgIpc) is 2.13. The van der Waals surface area contributed by atoms with Gasteiger partial charge in [0.05, 0.1) is 0 Å². The first-order valence-corrected chi connectivity index (χ1v) is 5.78. The van der Waals surface area contributed by atoms with Crippen LogP contribution in [0.15, 0.2) is 0 Å². The number of nitrogens with one attached hydrogen (secondary N) is 4. The Bertz CT molecular complexity index is 245. The van der Waals surface area contributed by atoms with Crippen molar-refractivity contribution in [1.29, 1.82) is 10.8 Å². The maximum absolute atomic E-state index is 7.50. The Hall–Kier alpha value is -0.740. The normalized spacial score (nSPS) is 13.6. The van der Waals surface area contributed by atoms with E-state index in [0.717, 1.165) is 13.1 Å². The molecule has 0 aliphatic heterocycles. The summed E-state index contributed by atoms with van der Waals surface area (Å²) < 4.78 is 0. The molecule has 4 nitrogen and oxygen atoms in total. The zero-order valence-corrected chi connectivity index (χ0v) is 11.2. The molecule has 0 aromatic rings. The van der Waals surface area contributed by atoms with E-state index in [0.29, 0.717) is 18.0 Å². The van der Waals surface area contributed by atoms with E-state index in [9.17, 15) is 0 Å². The van der Waals surface area contributed by atoms with Gasteiger partial charge < -0.3 is 21.5 Å². The summed E-state index contributed by atoms with van der Waals surface area (Å²) >= 11 is 0. The molecule has 0 rings (SSSR count). The zero-order valence-electron chi connectivity index (χ0n) is 11.2. The van der Waals surface area contributed by atoms with Gasteiger partial charge in [-0.05, 0) is 26.2 Å². The molecule has 0 aromatic heterocycles. The van der Waals surface area contributed by atoms with E-state index < -0.39 is 0 Å². The molecule has 0 aliphatic carbocycles. The molecular weight excluding hydrogens is 200 g/mol. The molecular formula is C12H26N4. The van der Waals surface area contributed by atoms with Gasteiger partial charge in [-0.3, -0.25) is 0 Å². The fourth-order valence-electron chi connectivity index (χ4n) is 1.23. The molecule has 0 aliphatic rings. The number of hydrogen-bond donors (Lipinski definition) is 4. The minimum absolute atomic E-state index is 0.138. The highest BCUT2D eigenvalue weighted by molar-refractivity contribution is 5.83. The molecule has 1 atom stereocenters. The van der Waals surface area contributed by atoms with E-state index in [1.54, 1.807) is 6.92 Å². The summed E-state index contributed by atoms with van der Waals surface area (Å²) in [7, 11) is 0. The Labute approximate surface area is 99.2 Å². The van der Waals surface area contributed by atoms with Crippen LogP contribution in [0.3, 0.4) is 0 Å². The van der Waals surface area contributed by atoms with Gasteiger partial charge in [-0.2, -0.15) is 0 Å². The van der Waals surface area contributed by atoms with Crippen molar-refractivity contribution in [2.45, 2.75) is 40.7 Å². The quantitative estimate of drug-likeness (QED) is 0.475. The Morgan fingerprint density at radius 2 is 1.75 bits per heavy atom. The number of rotatable bonds is 8. The van der Waals surface area contributed by atoms with Crippen LogP contribution in [0.25, 0.3) is 0 Å². The van der Waals surface area contributed by atoms with Gasteiger partial charge in [-0.25, -0.2) is 0 Å². The lowest BCUT2D eigenvalue weighted by atomic mass is 9.93. The van der Waals surface area contributed by atoms with E-state index in [2.05, 4.69) is 24.5 Å². The van der Waals surface area contributed by atoms with Crippen LogP contribution in [-0.4, -0.2) is 37.1 Å². The highest BCUT2D eigenvalue weighted by Gasteiger charge is 2.18. The highest BCUT2D eigenvalue weighted by Crippen LogP contribution is 2.11. The Balaban J connectivity index is 3.86. The molecule has 0 amide bonds. The molecule has 16 heavy (non-hydrogen) atoms. The smallest absolute Gasteiger partial charge is 0.0416 e. The van der Waals surface area contributed by atoms with Crippen LogP contribution in [0.1, 0.15) is 34.6 Å². The summed E-state index contributed by atoms with van der Waals surface area (Å²) in [4.78, 5) is 0. The van der Waals surface area contributed by atoms with Crippen LogP contribution in [0.4, 0.5) is 0 Å². The van der Waals surface area contributed by atoms with E-state index in [1.807, 2.05) is 13.8 Å². The lowest BCUT2D eigenvalue weighted by Crippen LogP contribution is -2.43. The SMILES string of the molecule is CC(=N)CNCC(C)(C)CN[C@@H](C)C(C)=N. The first-order valence-electron chi connectivity index (χ1n) is 5.78. The van der Waals surface area contributed by atoms with Gasteiger partial charge in [0, 0.05) is 37.1 Å². The Morgan fingerprint density at radius 3 is 2.19 bits per heavy atom. The second kappa shape index (κ2) is 6.76. The first-order chi connectivity index (χ1) is 7.24. The minimum atomic E-state index is 0.138. The Morgan fingerprint density at radius 1 is 1.19 bits per heavy atom. The van der Waals surface area contributed by atoms with Crippen LogP contribution < -0.4 is 10.6 Å². The van der Waals surface area contributed by atoms with Crippen LogP contribution in [-0.2, 0) is 0 Å². The van der Waals surface area contributed by atoms with Gasteiger partial charge in [-0.15, -0.1) is 0 Å². The average molecular weight is 226 g/mol. The molecule has 0 saturated heterocycles. The summed E-state index contributed by atoms with van der Waals surface area (Å²) in [6, 6.07) is 0.142. The third-order valence-electron chi connectivity index (χ3n) is 2.53. The van der Waals surface area contributed by atoms with Crippen LogP contribution in [0, 0.1) is 16.2 Å². The van der Waals surface area contributed by atoms with E-state index >= 15 is 0 Å². The summed E-state index contributed by atoms with van der Waals surface area (Å²) in [6.07, 6.45) is 0. The molecule has 0 unspecified atom stereocenters. The summed E-state index contributed by atoms with van der Waals surface area (Å²) in [6.45, 7) is 12.4. The fraction of sp³-hybridized carbons (Fsp3) is 0.833. The first kappa shape index (κ1) is 15.3. The number of hydrogen-bond acceptors (Lipinski definition) is 4. The highest BCUT2D eigenvalue weighted by atomic mass is 15.0. The van der Waals surface area contributed by atoms with Crippen molar-refractivity contribution in [3.8, 4) is 0 Å². The fourth-order valence-corrected chi connectivity index (χ4v) is 1.23. The van der Waals surface area contributed by atoms with Crippen LogP contribution in [0.5, 0.6) is 0 Å². The second-order valence-electron chi connectivity index (χ2n) is 5.33. The van der Waals surface area contributed by atoms with Gasteiger partial charge >= 0.3 is 0 Å². The molecule has 0 aromatic carbocycles. The van der Waals surface area contributed by atoms with E-state index in [4.69, 9.17) is 10.8 Å². The molecule has 0 bridgehead atoms. The van der Waals surface area contributed by atoms with Crippen LogP contribution >= 0.6 is 0 Å². The second-order valence-corrected chi connectivity index (χ2v) is 5.33. The van der Waals surface area contributed by atoms with Crippen molar-refractivity contribution in [2.24, 2.45) is 5.41 Å². The topological polar surface area (TPSA) is 71.8 Å². The van der Waals surface area contributed by atoms with Crippen molar-refractivity contribution >= 4 is 11.4 Å². The van der Waals surface area contributed by atoms with Crippen molar-refractivity contribution in [2.75, 3.05) is 19.6 Å². The monoisotopic (exact) mass is 226 g/mol. The molecule has 0 heterocycles. The van der Waals surface area contributed by atoms with E-state index in [1.165, 1.54) is 0 Å². The zero-order chi connectivity index (χ0) is 12.8. The summed E-state index contributed by atoms with van der Waals surface area (Å²) in [5.41, 5.74) is 1.46. The van der Waals surface area contributed by atoms with Crippen LogP contribution in [0.2, 0.25) is 0 Å².